The van der Waals surface area contributed by atoms with E-state index in [1.165, 1.54) is 0 Å². The lowest BCUT2D eigenvalue weighted by molar-refractivity contribution is -0.0178. The predicted octanol–water partition coefficient (Wildman–Crippen LogP) is 2.16. The lowest BCUT2D eigenvalue weighted by Gasteiger charge is -2.22. The fraction of sp³-hybridized carbons (Fsp3) is 0.846. The maximum atomic E-state index is 5.99. The van der Waals surface area contributed by atoms with E-state index in [2.05, 4.69) is 17.1 Å². The van der Waals surface area contributed by atoms with Crippen molar-refractivity contribution in [3.8, 4) is 0 Å². The molecule has 1 aliphatic carbocycles. The number of rotatable bonds is 6. The van der Waals surface area contributed by atoms with Gasteiger partial charge in [-0.05, 0) is 32.1 Å². The van der Waals surface area contributed by atoms with Crippen molar-refractivity contribution in [3.05, 3.63) is 11.7 Å². The van der Waals surface area contributed by atoms with E-state index >= 15 is 0 Å². The summed E-state index contributed by atoms with van der Waals surface area (Å²) in [5.41, 5.74) is 5.66. The molecule has 5 nitrogen and oxygen atoms in total. The summed E-state index contributed by atoms with van der Waals surface area (Å²) in [6.07, 6.45) is 6.98. The third-order valence-corrected chi connectivity index (χ3v) is 3.77. The summed E-state index contributed by atoms with van der Waals surface area (Å²) in [5.74, 6) is 1.33. The molecule has 2 N–H and O–H groups in total. The largest absolute Gasteiger partial charge is 0.370 e. The molecule has 1 unspecified atom stereocenters. The summed E-state index contributed by atoms with van der Waals surface area (Å²) in [5, 5.41) is 4.09. The molecule has 1 aliphatic rings. The highest BCUT2D eigenvalue weighted by molar-refractivity contribution is 5.04. The van der Waals surface area contributed by atoms with Gasteiger partial charge in [-0.25, -0.2) is 0 Å². The van der Waals surface area contributed by atoms with E-state index in [9.17, 15) is 0 Å². The van der Waals surface area contributed by atoms with Crippen LogP contribution < -0.4 is 5.73 Å². The zero-order valence-corrected chi connectivity index (χ0v) is 11.3. The Balaban J connectivity index is 2.05. The van der Waals surface area contributed by atoms with Crippen molar-refractivity contribution in [2.75, 3.05) is 7.11 Å². The van der Waals surface area contributed by atoms with Crippen molar-refractivity contribution in [2.24, 2.45) is 5.73 Å². The van der Waals surface area contributed by atoms with Crippen molar-refractivity contribution < 1.29 is 9.26 Å². The highest BCUT2D eigenvalue weighted by Crippen LogP contribution is 2.40. The number of methoxy groups -OCH3 is 1. The van der Waals surface area contributed by atoms with Crippen molar-refractivity contribution in [2.45, 2.75) is 63.5 Å². The van der Waals surface area contributed by atoms with Crippen LogP contribution in [0.3, 0.4) is 0 Å². The van der Waals surface area contributed by atoms with Crippen LogP contribution in [0.2, 0.25) is 0 Å². The van der Waals surface area contributed by atoms with E-state index in [1.807, 2.05) is 0 Å². The number of nitrogens with two attached hydrogens (primary N) is 1. The minimum absolute atomic E-state index is 0.102. The van der Waals surface area contributed by atoms with Gasteiger partial charge in [0, 0.05) is 19.6 Å². The van der Waals surface area contributed by atoms with Crippen LogP contribution in [-0.4, -0.2) is 23.3 Å². The molecule has 1 fully saturated rings. The van der Waals surface area contributed by atoms with E-state index < -0.39 is 0 Å². The van der Waals surface area contributed by atoms with Crippen LogP contribution in [0.25, 0.3) is 0 Å². The van der Waals surface area contributed by atoms with Crippen LogP contribution in [-0.2, 0) is 16.8 Å². The minimum atomic E-state index is -0.323. The maximum Gasteiger partial charge on any atom is 0.228 e. The van der Waals surface area contributed by atoms with Crippen LogP contribution in [0.5, 0.6) is 0 Å². The highest BCUT2D eigenvalue weighted by atomic mass is 16.5. The number of aromatic nitrogens is 2. The average molecular weight is 253 g/mol. The average Bonchev–Trinajstić information content (AvgIpc) is 2.98. The summed E-state index contributed by atoms with van der Waals surface area (Å²) in [4.78, 5) is 4.47. The molecule has 102 valence electrons. The standard InChI is InChI=1S/C13H23N3O2/c1-3-6-10(14)9-11-15-12(16-18-11)13(17-2)7-4-5-8-13/h10H,3-9,14H2,1-2H3. The molecule has 1 aromatic rings. The number of nitrogens with zero attached hydrogens (tertiary/aromatic N) is 2. The first-order valence-electron chi connectivity index (χ1n) is 6.84. The van der Waals surface area contributed by atoms with Gasteiger partial charge in [0.15, 0.2) is 0 Å². The number of hydrogen-bond acceptors (Lipinski definition) is 5. The topological polar surface area (TPSA) is 74.2 Å². The molecule has 0 saturated heterocycles. The zero-order valence-electron chi connectivity index (χ0n) is 11.3. The Morgan fingerprint density at radius 1 is 1.44 bits per heavy atom. The molecule has 0 aromatic carbocycles. The van der Waals surface area contributed by atoms with Crippen molar-refractivity contribution in [3.63, 3.8) is 0 Å². The highest BCUT2D eigenvalue weighted by Gasteiger charge is 2.40. The van der Waals surface area contributed by atoms with Gasteiger partial charge in [0.25, 0.3) is 0 Å². The quantitative estimate of drug-likeness (QED) is 0.840. The van der Waals surface area contributed by atoms with Gasteiger partial charge < -0.3 is 15.0 Å². The fourth-order valence-corrected chi connectivity index (χ4v) is 2.69. The summed E-state index contributed by atoms with van der Waals surface area (Å²) in [6.45, 7) is 2.12. The Bertz CT molecular complexity index is 372. The van der Waals surface area contributed by atoms with E-state index in [1.54, 1.807) is 7.11 Å². The second-order valence-corrected chi connectivity index (χ2v) is 5.17. The molecule has 1 aromatic heterocycles. The smallest absolute Gasteiger partial charge is 0.228 e. The lowest BCUT2D eigenvalue weighted by atomic mass is 10.0. The first-order chi connectivity index (χ1) is 8.70. The predicted molar refractivity (Wildman–Crippen MR) is 68.0 cm³/mol. The van der Waals surface area contributed by atoms with Gasteiger partial charge in [-0.15, -0.1) is 0 Å². The fourth-order valence-electron chi connectivity index (χ4n) is 2.69. The first kappa shape index (κ1) is 13.5. The Hall–Kier alpha value is -0.940. The first-order valence-corrected chi connectivity index (χ1v) is 6.84. The molecular weight excluding hydrogens is 230 g/mol. The van der Waals surface area contributed by atoms with Gasteiger partial charge in [-0.1, -0.05) is 18.5 Å². The van der Waals surface area contributed by atoms with Gasteiger partial charge in [-0.2, -0.15) is 4.98 Å². The Morgan fingerprint density at radius 3 is 2.78 bits per heavy atom. The van der Waals surface area contributed by atoms with Gasteiger partial charge in [0.05, 0.1) is 0 Å². The monoisotopic (exact) mass is 253 g/mol. The summed E-state index contributed by atoms with van der Waals surface area (Å²) >= 11 is 0. The van der Waals surface area contributed by atoms with Crippen LogP contribution in [0, 0.1) is 0 Å². The second kappa shape index (κ2) is 5.80. The second-order valence-electron chi connectivity index (χ2n) is 5.17. The summed E-state index contributed by atoms with van der Waals surface area (Å²) < 4.78 is 10.9. The van der Waals surface area contributed by atoms with Gasteiger partial charge in [0.2, 0.25) is 11.7 Å². The van der Waals surface area contributed by atoms with E-state index in [4.69, 9.17) is 15.0 Å². The minimum Gasteiger partial charge on any atom is -0.370 e. The van der Waals surface area contributed by atoms with Gasteiger partial charge >= 0.3 is 0 Å². The van der Waals surface area contributed by atoms with E-state index in [0.29, 0.717) is 18.1 Å². The van der Waals surface area contributed by atoms with Crippen molar-refractivity contribution in [1.29, 1.82) is 0 Å². The normalized spacial score (nSPS) is 20.2. The molecule has 0 radical (unpaired) electrons. The summed E-state index contributed by atoms with van der Waals surface area (Å²) in [6, 6.07) is 0.102. The molecule has 0 aliphatic heterocycles. The van der Waals surface area contributed by atoms with Crippen LogP contribution >= 0.6 is 0 Å². The molecule has 0 bridgehead atoms. The molecule has 1 saturated carbocycles. The summed E-state index contributed by atoms with van der Waals surface area (Å²) in [7, 11) is 1.73. The molecule has 0 spiro atoms. The van der Waals surface area contributed by atoms with Crippen LogP contribution in [0.15, 0.2) is 4.52 Å². The van der Waals surface area contributed by atoms with Crippen molar-refractivity contribution >= 4 is 0 Å². The molecule has 1 atom stereocenters. The Kier molecular flexibility index (Phi) is 4.35. The third-order valence-electron chi connectivity index (χ3n) is 3.77. The Labute approximate surface area is 108 Å². The number of hydrogen-bond donors (Lipinski definition) is 1. The van der Waals surface area contributed by atoms with E-state index in [-0.39, 0.29) is 11.6 Å². The number of ether oxygens (including phenoxy) is 1. The maximum absolute atomic E-state index is 5.99. The van der Waals surface area contributed by atoms with Crippen molar-refractivity contribution in [1.82, 2.24) is 10.1 Å². The molecule has 1 heterocycles. The molecule has 5 heteroatoms. The van der Waals surface area contributed by atoms with Gasteiger partial charge in [-0.3, -0.25) is 0 Å². The molecular formula is C13H23N3O2. The lowest BCUT2D eigenvalue weighted by Crippen LogP contribution is -2.26. The molecule has 2 rings (SSSR count). The third kappa shape index (κ3) is 2.72. The van der Waals surface area contributed by atoms with Gasteiger partial charge in [0.1, 0.15) is 5.60 Å². The van der Waals surface area contributed by atoms with E-state index in [0.717, 1.165) is 38.5 Å². The molecule has 18 heavy (non-hydrogen) atoms. The SMILES string of the molecule is CCCC(N)Cc1nc(C2(OC)CCCC2)no1. The molecule has 0 amide bonds. The zero-order chi connectivity index (χ0) is 13.0. The van der Waals surface area contributed by atoms with Crippen LogP contribution in [0.1, 0.15) is 57.2 Å². The van der Waals surface area contributed by atoms with Crippen LogP contribution in [0.4, 0.5) is 0 Å². The Morgan fingerprint density at radius 2 is 2.17 bits per heavy atom.